The molecule has 2 rings (SSSR count). The van der Waals surface area contributed by atoms with E-state index >= 15 is 0 Å². The summed E-state index contributed by atoms with van der Waals surface area (Å²) in [4.78, 5) is 10.5. The van der Waals surface area contributed by atoms with Crippen molar-refractivity contribution in [3.63, 3.8) is 0 Å². The number of aliphatic carboxylic acids is 1. The Morgan fingerprint density at radius 2 is 1.85 bits per heavy atom. The summed E-state index contributed by atoms with van der Waals surface area (Å²) in [5.41, 5.74) is 0.914. The van der Waals surface area contributed by atoms with E-state index in [2.05, 4.69) is 0 Å². The van der Waals surface area contributed by atoms with Gasteiger partial charge in [0.2, 0.25) is 0 Å². The fraction of sp³-hybridized carbons (Fsp3) is 0.632. The average molecular weight is 427 g/mol. The van der Waals surface area contributed by atoms with Crippen LogP contribution in [0.15, 0.2) is 12.1 Å². The third-order valence-electron chi connectivity index (χ3n) is 4.69. The van der Waals surface area contributed by atoms with Crippen LogP contribution in [0.1, 0.15) is 50.5 Å². The zero-order chi connectivity index (χ0) is 19.1. The van der Waals surface area contributed by atoms with Crippen LogP contribution in [0.2, 0.25) is 10.0 Å². The predicted molar refractivity (Wildman–Crippen MR) is 98.5 cm³/mol. The second kappa shape index (κ2) is 12.5. The van der Waals surface area contributed by atoms with Gasteiger partial charge >= 0.3 is 29.6 Å². The first-order valence-electron chi connectivity index (χ1n) is 9.01. The SMILES string of the molecule is O=C([O-])C[C@H](O)C[C@H](O)COc1c(Cl)cc(Cl)cc1CC1CCCCC1.[Na+]. The van der Waals surface area contributed by atoms with Crippen molar-refractivity contribution >= 4 is 29.2 Å². The second-order valence-electron chi connectivity index (χ2n) is 7.01. The molecule has 1 aliphatic carbocycles. The topological polar surface area (TPSA) is 89.8 Å². The normalized spacial score (nSPS) is 17.0. The molecule has 5 nitrogen and oxygen atoms in total. The smallest absolute Gasteiger partial charge is 0.550 e. The van der Waals surface area contributed by atoms with E-state index in [9.17, 15) is 20.1 Å². The van der Waals surface area contributed by atoms with Crippen LogP contribution in [0.4, 0.5) is 0 Å². The molecular formula is C19H25Cl2NaO5. The molecule has 0 amide bonds. The van der Waals surface area contributed by atoms with Gasteiger partial charge in [0, 0.05) is 23.8 Å². The van der Waals surface area contributed by atoms with Crippen molar-refractivity contribution in [2.75, 3.05) is 6.61 Å². The molecule has 1 aromatic rings. The molecule has 1 aliphatic rings. The molecule has 2 atom stereocenters. The molecule has 1 saturated carbocycles. The van der Waals surface area contributed by atoms with Gasteiger partial charge in [0.05, 0.1) is 17.2 Å². The number of halogens is 2. The van der Waals surface area contributed by atoms with Crippen molar-refractivity contribution in [1.82, 2.24) is 0 Å². The van der Waals surface area contributed by atoms with E-state index in [0.717, 1.165) is 12.0 Å². The van der Waals surface area contributed by atoms with Gasteiger partial charge < -0.3 is 24.9 Å². The Hall–Kier alpha value is -0.0100. The maximum atomic E-state index is 10.5. The summed E-state index contributed by atoms with van der Waals surface area (Å²) in [7, 11) is 0. The van der Waals surface area contributed by atoms with Crippen molar-refractivity contribution in [3.05, 3.63) is 27.7 Å². The fourth-order valence-corrected chi connectivity index (χ4v) is 4.06. The third kappa shape index (κ3) is 8.90. The molecule has 1 fully saturated rings. The first kappa shape index (κ1) is 25.0. The fourth-order valence-electron chi connectivity index (χ4n) is 3.47. The molecule has 0 bridgehead atoms. The Balaban J connectivity index is 0.00000364. The zero-order valence-electron chi connectivity index (χ0n) is 15.6. The number of hydrogen-bond donors (Lipinski definition) is 2. The van der Waals surface area contributed by atoms with Crippen LogP contribution in [-0.2, 0) is 11.2 Å². The summed E-state index contributed by atoms with van der Waals surface area (Å²) in [6.07, 6.45) is 4.05. The van der Waals surface area contributed by atoms with E-state index < -0.39 is 24.6 Å². The van der Waals surface area contributed by atoms with Gasteiger partial charge in [-0.05, 0) is 30.0 Å². The number of hydrogen-bond acceptors (Lipinski definition) is 5. The largest absolute Gasteiger partial charge is 1.00 e. The summed E-state index contributed by atoms with van der Waals surface area (Å²) >= 11 is 12.4. The molecule has 2 N–H and O–H groups in total. The Kier molecular flexibility index (Phi) is 11.6. The number of carboxylic acids is 1. The van der Waals surface area contributed by atoms with Gasteiger partial charge in [-0.2, -0.15) is 0 Å². The molecule has 0 aliphatic heterocycles. The van der Waals surface area contributed by atoms with Crippen molar-refractivity contribution in [1.29, 1.82) is 0 Å². The zero-order valence-corrected chi connectivity index (χ0v) is 19.1. The minimum Gasteiger partial charge on any atom is -0.550 e. The van der Waals surface area contributed by atoms with Gasteiger partial charge in [-0.25, -0.2) is 0 Å². The molecule has 0 unspecified atom stereocenters. The first-order valence-corrected chi connectivity index (χ1v) is 9.77. The monoisotopic (exact) mass is 426 g/mol. The number of aliphatic hydroxyl groups excluding tert-OH is 2. The maximum Gasteiger partial charge on any atom is 1.00 e. The summed E-state index contributed by atoms with van der Waals surface area (Å²) in [6, 6.07) is 3.44. The molecule has 0 heterocycles. The molecule has 1 aromatic carbocycles. The van der Waals surface area contributed by atoms with E-state index in [-0.39, 0.29) is 42.6 Å². The molecule has 146 valence electrons. The van der Waals surface area contributed by atoms with Gasteiger partial charge in [0.1, 0.15) is 12.4 Å². The molecule has 27 heavy (non-hydrogen) atoms. The minimum atomic E-state index is -1.36. The number of aliphatic hydroxyl groups is 2. The van der Waals surface area contributed by atoms with Gasteiger partial charge in [0.25, 0.3) is 0 Å². The van der Waals surface area contributed by atoms with Crippen molar-refractivity contribution < 1.29 is 54.4 Å². The number of carboxylic acid groups (broad SMARTS) is 1. The second-order valence-corrected chi connectivity index (χ2v) is 7.86. The number of carbonyl (C=O) groups is 1. The Labute approximate surface area is 192 Å². The summed E-state index contributed by atoms with van der Waals surface area (Å²) in [5.74, 6) is -0.299. The Morgan fingerprint density at radius 1 is 1.19 bits per heavy atom. The predicted octanol–water partition coefficient (Wildman–Crippen LogP) is -0.249. The van der Waals surface area contributed by atoms with E-state index in [0.29, 0.717) is 21.7 Å². The van der Waals surface area contributed by atoms with Gasteiger partial charge in [-0.15, -0.1) is 0 Å². The number of benzene rings is 1. The molecule has 0 aromatic heterocycles. The summed E-state index contributed by atoms with van der Waals surface area (Å²) < 4.78 is 5.72. The van der Waals surface area contributed by atoms with Crippen molar-refractivity contribution in [3.8, 4) is 5.75 Å². The standard InChI is InChI=1S/C19H26Cl2O5.Na/c20-14-7-13(6-12-4-2-1-3-5-12)19(17(21)8-14)26-11-16(23)9-15(22)10-18(24)25;/h7-8,12,15-16,22-23H,1-6,9-11H2,(H,24,25);/q;+1/p-1/t15-,16+;/m1./s1. The number of carbonyl (C=O) groups excluding carboxylic acids is 1. The van der Waals surface area contributed by atoms with E-state index in [1.807, 2.05) is 6.07 Å². The van der Waals surface area contributed by atoms with Gasteiger partial charge in [-0.3, -0.25) is 0 Å². The number of rotatable bonds is 9. The van der Waals surface area contributed by atoms with Crippen LogP contribution in [0.5, 0.6) is 5.75 Å². The van der Waals surface area contributed by atoms with Crippen LogP contribution in [0, 0.1) is 5.92 Å². The third-order valence-corrected chi connectivity index (χ3v) is 5.18. The summed E-state index contributed by atoms with van der Waals surface area (Å²) in [6.45, 7) is -0.0941. The van der Waals surface area contributed by atoms with Gasteiger partial charge in [-0.1, -0.05) is 55.3 Å². The van der Waals surface area contributed by atoms with E-state index in [4.69, 9.17) is 27.9 Å². The van der Waals surface area contributed by atoms with Crippen LogP contribution < -0.4 is 39.4 Å². The minimum absolute atomic E-state index is 0. The van der Waals surface area contributed by atoms with Crippen LogP contribution >= 0.6 is 23.2 Å². The van der Waals surface area contributed by atoms with Crippen LogP contribution in [0.3, 0.4) is 0 Å². The molecule has 0 saturated heterocycles. The molecule has 8 heteroatoms. The van der Waals surface area contributed by atoms with E-state index in [1.165, 1.54) is 32.1 Å². The first-order chi connectivity index (χ1) is 12.3. The summed E-state index contributed by atoms with van der Waals surface area (Å²) in [5, 5.41) is 30.9. The quantitative estimate of drug-likeness (QED) is 0.531. The van der Waals surface area contributed by atoms with Crippen molar-refractivity contribution in [2.45, 2.75) is 63.6 Å². The number of ether oxygens (including phenoxy) is 1. The Morgan fingerprint density at radius 3 is 2.48 bits per heavy atom. The van der Waals surface area contributed by atoms with E-state index in [1.54, 1.807) is 6.07 Å². The molecule has 0 spiro atoms. The maximum absolute atomic E-state index is 10.5. The molecule has 0 radical (unpaired) electrons. The van der Waals surface area contributed by atoms with Gasteiger partial charge in [0.15, 0.2) is 0 Å². The van der Waals surface area contributed by atoms with Crippen LogP contribution in [-0.4, -0.2) is 35.0 Å². The Bertz CT molecular complexity index is 608. The molecular weight excluding hydrogens is 402 g/mol. The van der Waals surface area contributed by atoms with Crippen LogP contribution in [0.25, 0.3) is 0 Å². The average Bonchev–Trinajstić information content (AvgIpc) is 2.54. The van der Waals surface area contributed by atoms with Crippen molar-refractivity contribution in [2.24, 2.45) is 5.92 Å².